The quantitative estimate of drug-likeness (QED) is 0.422. The van der Waals surface area contributed by atoms with Crippen LogP contribution >= 0.6 is 11.6 Å². The topological polar surface area (TPSA) is 84.7 Å². The first kappa shape index (κ1) is 22.4. The van der Waals surface area contributed by atoms with E-state index in [2.05, 4.69) is 15.6 Å². The van der Waals surface area contributed by atoms with E-state index in [1.165, 1.54) is 0 Å². The number of nitrogens with zero attached hydrogens (tertiary/aromatic N) is 2. The monoisotopic (exact) mass is 462 g/mol. The van der Waals surface area contributed by atoms with Gasteiger partial charge >= 0.3 is 0 Å². The first-order chi connectivity index (χ1) is 15.9. The molecule has 2 aromatic heterocycles. The van der Waals surface area contributed by atoms with Crippen molar-refractivity contribution >= 4 is 34.7 Å². The highest BCUT2D eigenvalue weighted by molar-refractivity contribution is 6.33. The van der Waals surface area contributed by atoms with E-state index in [1.807, 2.05) is 48.8 Å². The summed E-state index contributed by atoms with van der Waals surface area (Å²) in [5.41, 5.74) is 4.74. The van der Waals surface area contributed by atoms with Crippen molar-refractivity contribution in [1.82, 2.24) is 14.7 Å². The summed E-state index contributed by atoms with van der Waals surface area (Å²) in [7, 11) is 0. The Morgan fingerprint density at radius 2 is 1.76 bits per heavy atom. The van der Waals surface area contributed by atoms with Crippen molar-refractivity contribution in [3.8, 4) is 5.75 Å². The zero-order valence-corrected chi connectivity index (χ0v) is 19.0. The molecule has 2 heterocycles. The van der Waals surface area contributed by atoms with Gasteiger partial charge in [-0.15, -0.1) is 0 Å². The number of carbonyl (C=O) groups excluding carboxylic acids is 2. The highest BCUT2D eigenvalue weighted by Gasteiger charge is 2.10. The van der Waals surface area contributed by atoms with Crippen LogP contribution in [0.3, 0.4) is 0 Å². The van der Waals surface area contributed by atoms with Crippen molar-refractivity contribution in [2.75, 3.05) is 11.9 Å². The average Bonchev–Trinajstić information content (AvgIpc) is 3.20. The first-order valence-corrected chi connectivity index (χ1v) is 10.8. The number of hydrogen-bond acceptors (Lipinski definition) is 4. The van der Waals surface area contributed by atoms with Crippen molar-refractivity contribution in [3.63, 3.8) is 0 Å². The molecule has 0 spiro atoms. The summed E-state index contributed by atoms with van der Waals surface area (Å²) in [6.45, 7) is 4.08. The standard InChI is InChI=1S/C25H23ClN4O3/c1-16-3-9-22(21(26)11-16)29-24(31)12-27-25(32)18-5-7-20(8-6-18)33-15-19-14-30-13-17(2)4-10-23(30)28-19/h3-11,13-14H,12,15H2,1-2H3,(H,27,32)(H,29,31). The molecule has 2 amide bonds. The summed E-state index contributed by atoms with van der Waals surface area (Å²) in [5.74, 6) is -0.106. The molecule has 0 aliphatic rings. The second-order valence-corrected chi connectivity index (χ2v) is 8.14. The van der Waals surface area contributed by atoms with Gasteiger partial charge in [0.25, 0.3) is 5.91 Å². The molecule has 0 saturated carbocycles. The van der Waals surface area contributed by atoms with Crippen LogP contribution in [0, 0.1) is 13.8 Å². The Bertz CT molecular complexity index is 1320. The van der Waals surface area contributed by atoms with Crippen LogP contribution in [-0.2, 0) is 11.4 Å². The molecule has 4 aromatic rings. The van der Waals surface area contributed by atoms with Crippen LogP contribution in [0.15, 0.2) is 67.0 Å². The third-order valence-electron chi connectivity index (χ3n) is 4.96. The van der Waals surface area contributed by atoms with Gasteiger partial charge in [0, 0.05) is 18.0 Å². The summed E-state index contributed by atoms with van der Waals surface area (Å²) in [5, 5.41) is 5.73. The first-order valence-electron chi connectivity index (χ1n) is 10.4. The molecule has 0 aliphatic carbocycles. The molecule has 0 saturated heterocycles. The number of halogens is 1. The summed E-state index contributed by atoms with van der Waals surface area (Å²) in [6.07, 6.45) is 3.94. The van der Waals surface area contributed by atoms with Crippen molar-refractivity contribution in [1.29, 1.82) is 0 Å². The summed E-state index contributed by atoms with van der Waals surface area (Å²) < 4.78 is 7.75. The molecule has 2 N–H and O–H groups in total. The van der Waals surface area contributed by atoms with Gasteiger partial charge in [0.2, 0.25) is 5.91 Å². The number of nitrogens with one attached hydrogen (secondary N) is 2. The Labute approximate surface area is 196 Å². The molecule has 0 fully saturated rings. The predicted molar refractivity (Wildman–Crippen MR) is 128 cm³/mol. The Kier molecular flexibility index (Phi) is 6.60. The van der Waals surface area contributed by atoms with Gasteiger partial charge in [-0.3, -0.25) is 9.59 Å². The molecule has 0 radical (unpaired) electrons. The SMILES string of the molecule is Cc1ccc(NC(=O)CNC(=O)c2ccc(OCc3cn4cc(C)ccc4n3)cc2)c(Cl)c1. The maximum atomic E-state index is 12.4. The van der Waals surface area contributed by atoms with E-state index in [0.717, 1.165) is 22.5 Å². The highest BCUT2D eigenvalue weighted by Crippen LogP contribution is 2.22. The lowest BCUT2D eigenvalue weighted by molar-refractivity contribution is -0.115. The van der Waals surface area contributed by atoms with Gasteiger partial charge in [-0.1, -0.05) is 23.7 Å². The number of fused-ring (bicyclic) bond motifs is 1. The van der Waals surface area contributed by atoms with Gasteiger partial charge in [-0.05, 0) is 67.4 Å². The van der Waals surface area contributed by atoms with Crippen molar-refractivity contribution in [3.05, 3.63) is 94.4 Å². The molecular weight excluding hydrogens is 440 g/mol. The van der Waals surface area contributed by atoms with Crippen LogP contribution in [0.1, 0.15) is 27.2 Å². The second kappa shape index (κ2) is 9.75. The van der Waals surface area contributed by atoms with Crippen molar-refractivity contribution in [2.24, 2.45) is 0 Å². The van der Waals surface area contributed by atoms with Gasteiger partial charge in [0.15, 0.2) is 0 Å². The molecule has 168 valence electrons. The molecular formula is C25H23ClN4O3. The van der Waals surface area contributed by atoms with E-state index in [1.54, 1.807) is 36.4 Å². The number of anilines is 1. The Morgan fingerprint density at radius 3 is 2.52 bits per heavy atom. The lowest BCUT2D eigenvalue weighted by Crippen LogP contribution is -2.32. The molecule has 0 unspecified atom stereocenters. The molecule has 0 bridgehead atoms. The van der Waals surface area contributed by atoms with Crippen LogP contribution in [0.25, 0.3) is 5.65 Å². The van der Waals surface area contributed by atoms with Gasteiger partial charge in [0.1, 0.15) is 18.0 Å². The minimum atomic E-state index is -0.364. The summed E-state index contributed by atoms with van der Waals surface area (Å²) >= 11 is 6.12. The highest BCUT2D eigenvalue weighted by atomic mass is 35.5. The third kappa shape index (κ3) is 5.70. The summed E-state index contributed by atoms with van der Waals surface area (Å²) in [6, 6.07) is 16.0. The zero-order chi connectivity index (χ0) is 23.4. The van der Waals surface area contributed by atoms with Gasteiger partial charge in [-0.25, -0.2) is 4.98 Å². The van der Waals surface area contributed by atoms with Crippen LogP contribution in [0.2, 0.25) is 5.02 Å². The number of pyridine rings is 1. The molecule has 0 atom stereocenters. The fourth-order valence-electron chi connectivity index (χ4n) is 3.26. The Morgan fingerprint density at radius 1 is 1.00 bits per heavy atom. The zero-order valence-electron chi connectivity index (χ0n) is 18.3. The Hall–Kier alpha value is -3.84. The van der Waals surface area contributed by atoms with Crippen LogP contribution < -0.4 is 15.4 Å². The minimum absolute atomic E-state index is 0.172. The molecule has 2 aromatic carbocycles. The molecule has 8 heteroatoms. The van der Waals surface area contributed by atoms with Gasteiger partial charge < -0.3 is 19.8 Å². The van der Waals surface area contributed by atoms with Gasteiger partial charge in [-0.2, -0.15) is 0 Å². The van der Waals surface area contributed by atoms with E-state index in [0.29, 0.717) is 28.6 Å². The van der Waals surface area contributed by atoms with E-state index in [4.69, 9.17) is 16.3 Å². The fourth-order valence-corrected chi connectivity index (χ4v) is 3.55. The lowest BCUT2D eigenvalue weighted by atomic mass is 10.2. The second-order valence-electron chi connectivity index (χ2n) is 7.73. The van der Waals surface area contributed by atoms with E-state index in [-0.39, 0.29) is 18.4 Å². The van der Waals surface area contributed by atoms with E-state index < -0.39 is 0 Å². The number of rotatable bonds is 7. The average molecular weight is 463 g/mol. The number of hydrogen-bond donors (Lipinski definition) is 2. The van der Waals surface area contributed by atoms with E-state index in [9.17, 15) is 9.59 Å². The number of amides is 2. The maximum absolute atomic E-state index is 12.4. The van der Waals surface area contributed by atoms with Crippen LogP contribution in [0.4, 0.5) is 5.69 Å². The molecule has 7 nitrogen and oxygen atoms in total. The Balaban J connectivity index is 1.28. The predicted octanol–water partition coefficient (Wildman–Crippen LogP) is 4.55. The number of imidazole rings is 1. The minimum Gasteiger partial charge on any atom is -0.487 e. The number of benzene rings is 2. The summed E-state index contributed by atoms with van der Waals surface area (Å²) in [4.78, 5) is 29.0. The third-order valence-corrected chi connectivity index (χ3v) is 5.27. The van der Waals surface area contributed by atoms with Crippen LogP contribution in [-0.4, -0.2) is 27.7 Å². The van der Waals surface area contributed by atoms with Crippen molar-refractivity contribution < 1.29 is 14.3 Å². The number of aryl methyl sites for hydroxylation is 2. The molecule has 0 aliphatic heterocycles. The van der Waals surface area contributed by atoms with Gasteiger partial charge in [0.05, 0.1) is 22.9 Å². The van der Waals surface area contributed by atoms with Crippen molar-refractivity contribution in [2.45, 2.75) is 20.5 Å². The number of carbonyl (C=O) groups is 2. The number of ether oxygens (including phenoxy) is 1. The molecule has 33 heavy (non-hydrogen) atoms. The lowest BCUT2D eigenvalue weighted by Gasteiger charge is -2.09. The molecule has 4 rings (SSSR count). The smallest absolute Gasteiger partial charge is 0.251 e. The number of aromatic nitrogens is 2. The normalized spacial score (nSPS) is 10.8. The van der Waals surface area contributed by atoms with E-state index >= 15 is 0 Å². The van der Waals surface area contributed by atoms with Crippen LogP contribution in [0.5, 0.6) is 5.75 Å². The maximum Gasteiger partial charge on any atom is 0.251 e. The fraction of sp³-hybridized carbons (Fsp3) is 0.160. The largest absolute Gasteiger partial charge is 0.487 e.